The van der Waals surface area contributed by atoms with Crippen LogP contribution in [0.2, 0.25) is 0 Å². The summed E-state index contributed by atoms with van der Waals surface area (Å²) in [6.45, 7) is 1.97. The van der Waals surface area contributed by atoms with Crippen molar-refractivity contribution >= 4 is 23.7 Å². The summed E-state index contributed by atoms with van der Waals surface area (Å²) >= 11 is 0. The van der Waals surface area contributed by atoms with Crippen molar-refractivity contribution in [3.63, 3.8) is 0 Å². The van der Waals surface area contributed by atoms with E-state index in [1.165, 1.54) is 0 Å². The molecular formula is C21H21N5O2. The van der Waals surface area contributed by atoms with Gasteiger partial charge in [0, 0.05) is 0 Å². The molecule has 2 amide bonds. The summed E-state index contributed by atoms with van der Waals surface area (Å²) in [5, 5.41) is 9.98. The van der Waals surface area contributed by atoms with Gasteiger partial charge < -0.3 is 0 Å². The topological polar surface area (TPSA) is 88.9 Å². The maximum absolute atomic E-state index is 12.8. The molecule has 0 aliphatic carbocycles. The Morgan fingerprint density at radius 3 is 2.54 bits per heavy atom. The molecule has 3 aromatic rings. The van der Waals surface area contributed by atoms with Gasteiger partial charge in [-0.3, -0.25) is 20.2 Å². The Balaban J connectivity index is 1.59. The molecule has 0 radical (unpaired) electrons. The van der Waals surface area contributed by atoms with Crippen LogP contribution in [-0.2, 0) is 9.59 Å². The summed E-state index contributed by atoms with van der Waals surface area (Å²) in [7, 11) is 0. The van der Waals surface area contributed by atoms with Gasteiger partial charge in [-0.25, -0.2) is 4.68 Å². The van der Waals surface area contributed by atoms with E-state index in [1.807, 2.05) is 67.6 Å². The number of carbonyl (C=O) groups is 2. The Morgan fingerprint density at radius 2 is 1.86 bits per heavy atom. The highest BCUT2D eigenvalue weighted by molar-refractivity contribution is 5.95. The number of benzene rings is 2. The lowest BCUT2D eigenvalue weighted by Crippen LogP contribution is -2.29. The first-order valence-corrected chi connectivity index (χ1v) is 9.33. The first-order valence-electron chi connectivity index (χ1n) is 9.33. The van der Waals surface area contributed by atoms with Crippen molar-refractivity contribution < 1.29 is 9.59 Å². The molecule has 2 N–H and O–H groups in total. The van der Waals surface area contributed by atoms with Gasteiger partial charge in [0.05, 0.1) is 18.4 Å². The molecule has 7 nitrogen and oxygen atoms in total. The van der Waals surface area contributed by atoms with E-state index in [0.29, 0.717) is 12.4 Å². The molecule has 142 valence electrons. The molecule has 1 aliphatic rings. The number of hydrogen-bond donors (Lipinski definition) is 2. The van der Waals surface area contributed by atoms with Crippen LogP contribution in [0.4, 0.5) is 11.9 Å². The highest BCUT2D eigenvalue weighted by Gasteiger charge is 2.30. The van der Waals surface area contributed by atoms with E-state index in [9.17, 15) is 9.59 Å². The van der Waals surface area contributed by atoms with Gasteiger partial charge in [-0.2, -0.15) is 4.98 Å². The van der Waals surface area contributed by atoms with E-state index in [4.69, 9.17) is 0 Å². The SMILES string of the molecule is CC[C@H](C(=O)Nc1nc2n(n1)[C@@H](c1ccccc1)CC(=O)N2)c1ccccc1. The summed E-state index contributed by atoms with van der Waals surface area (Å²) in [4.78, 5) is 29.2. The molecule has 0 unspecified atom stereocenters. The second kappa shape index (κ2) is 7.64. The van der Waals surface area contributed by atoms with E-state index in [2.05, 4.69) is 20.7 Å². The van der Waals surface area contributed by atoms with E-state index < -0.39 is 0 Å². The molecular weight excluding hydrogens is 354 g/mol. The molecule has 0 fully saturated rings. The quantitative estimate of drug-likeness (QED) is 0.716. The summed E-state index contributed by atoms with van der Waals surface area (Å²) < 4.78 is 1.66. The average molecular weight is 375 g/mol. The Labute approximate surface area is 162 Å². The molecule has 0 bridgehead atoms. The number of rotatable bonds is 5. The summed E-state index contributed by atoms with van der Waals surface area (Å²) in [6.07, 6.45) is 0.933. The maximum atomic E-state index is 12.8. The van der Waals surface area contributed by atoms with Crippen LogP contribution in [0.25, 0.3) is 0 Å². The van der Waals surface area contributed by atoms with Gasteiger partial charge in [-0.1, -0.05) is 67.6 Å². The Morgan fingerprint density at radius 1 is 1.18 bits per heavy atom. The number of fused-ring (bicyclic) bond motifs is 1. The van der Waals surface area contributed by atoms with Crippen LogP contribution in [0.15, 0.2) is 60.7 Å². The lowest BCUT2D eigenvalue weighted by molar-refractivity contribution is -0.118. The van der Waals surface area contributed by atoms with Crippen LogP contribution in [-0.4, -0.2) is 26.6 Å². The molecule has 0 spiro atoms. The van der Waals surface area contributed by atoms with Gasteiger partial charge in [0.15, 0.2) is 0 Å². The zero-order valence-corrected chi connectivity index (χ0v) is 15.5. The third-order valence-corrected chi connectivity index (χ3v) is 4.90. The van der Waals surface area contributed by atoms with Crippen molar-refractivity contribution in [2.45, 2.75) is 31.7 Å². The third-order valence-electron chi connectivity index (χ3n) is 4.90. The van der Waals surface area contributed by atoms with Gasteiger partial charge >= 0.3 is 0 Å². The van der Waals surface area contributed by atoms with Gasteiger partial charge in [0.2, 0.25) is 17.8 Å². The highest BCUT2D eigenvalue weighted by atomic mass is 16.2. The van der Waals surface area contributed by atoms with Gasteiger partial charge in [0.25, 0.3) is 5.95 Å². The minimum atomic E-state index is -0.291. The largest absolute Gasteiger partial charge is 0.295 e. The number of nitrogens with one attached hydrogen (secondary N) is 2. The van der Waals surface area contributed by atoms with E-state index in [-0.39, 0.29) is 36.1 Å². The zero-order chi connectivity index (χ0) is 19.5. The monoisotopic (exact) mass is 375 g/mol. The number of aromatic nitrogens is 3. The number of nitrogens with zero attached hydrogens (tertiary/aromatic N) is 3. The van der Waals surface area contributed by atoms with Gasteiger partial charge in [-0.15, -0.1) is 5.10 Å². The predicted octanol–water partition coefficient (Wildman–Crippen LogP) is 3.34. The molecule has 2 atom stereocenters. The van der Waals surface area contributed by atoms with Crippen LogP contribution in [0.3, 0.4) is 0 Å². The molecule has 4 rings (SSSR count). The predicted molar refractivity (Wildman–Crippen MR) is 106 cm³/mol. The minimum absolute atomic E-state index is 0.123. The smallest absolute Gasteiger partial charge is 0.250 e. The minimum Gasteiger partial charge on any atom is -0.295 e. The molecule has 2 aromatic carbocycles. The molecule has 0 saturated carbocycles. The second-order valence-corrected chi connectivity index (χ2v) is 6.74. The average Bonchev–Trinajstić information content (AvgIpc) is 3.11. The molecule has 1 aliphatic heterocycles. The van der Waals surface area contributed by atoms with Crippen LogP contribution in [0.5, 0.6) is 0 Å². The lowest BCUT2D eigenvalue weighted by atomic mass is 9.96. The van der Waals surface area contributed by atoms with Crippen molar-refractivity contribution in [1.29, 1.82) is 0 Å². The van der Waals surface area contributed by atoms with E-state index in [1.54, 1.807) is 4.68 Å². The second-order valence-electron chi connectivity index (χ2n) is 6.74. The van der Waals surface area contributed by atoms with Crippen LogP contribution in [0.1, 0.15) is 42.9 Å². The molecule has 0 saturated heterocycles. The van der Waals surface area contributed by atoms with Crippen molar-refractivity contribution in [1.82, 2.24) is 14.8 Å². The van der Waals surface area contributed by atoms with Crippen LogP contribution >= 0.6 is 0 Å². The van der Waals surface area contributed by atoms with Crippen LogP contribution in [0, 0.1) is 0 Å². The summed E-state index contributed by atoms with van der Waals surface area (Å²) in [5.41, 5.74) is 1.92. The molecule has 1 aromatic heterocycles. The number of carbonyl (C=O) groups excluding carboxylic acids is 2. The van der Waals surface area contributed by atoms with Gasteiger partial charge in [-0.05, 0) is 17.5 Å². The number of amides is 2. The Bertz CT molecular complexity index is 985. The maximum Gasteiger partial charge on any atom is 0.250 e. The lowest BCUT2D eigenvalue weighted by Gasteiger charge is -2.23. The number of hydrogen-bond acceptors (Lipinski definition) is 4. The standard InChI is InChI=1S/C21H21N5O2/c1-2-16(14-9-5-3-6-10-14)19(28)23-20-24-21-22-18(27)13-17(26(21)25-20)15-11-7-4-8-12-15/h3-12,16-17H,2,13H2,1H3,(H2,22,23,24,25,27,28)/t16-,17+/m0/s1. The van der Waals surface area contributed by atoms with Gasteiger partial charge in [0.1, 0.15) is 0 Å². The van der Waals surface area contributed by atoms with Crippen molar-refractivity contribution in [3.05, 3.63) is 71.8 Å². The Hall–Kier alpha value is -3.48. The van der Waals surface area contributed by atoms with Crippen molar-refractivity contribution in [2.75, 3.05) is 10.6 Å². The highest BCUT2D eigenvalue weighted by Crippen LogP contribution is 2.30. The molecule has 7 heteroatoms. The zero-order valence-electron chi connectivity index (χ0n) is 15.5. The Kier molecular flexibility index (Phi) is 4.89. The first kappa shape index (κ1) is 17.9. The number of anilines is 2. The summed E-state index contributed by atoms with van der Waals surface area (Å²) in [5.74, 6) is -0.0477. The fourth-order valence-electron chi connectivity index (χ4n) is 3.51. The van der Waals surface area contributed by atoms with E-state index >= 15 is 0 Å². The first-order chi connectivity index (χ1) is 13.7. The normalized spacial score (nSPS) is 16.8. The van der Waals surface area contributed by atoms with Crippen molar-refractivity contribution in [3.8, 4) is 0 Å². The molecule has 28 heavy (non-hydrogen) atoms. The fourth-order valence-corrected chi connectivity index (χ4v) is 3.51. The fraction of sp³-hybridized carbons (Fsp3) is 0.238. The third kappa shape index (κ3) is 3.51. The van der Waals surface area contributed by atoms with Crippen molar-refractivity contribution in [2.24, 2.45) is 0 Å². The van der Waals surface area contributed by atoms with Crippen LogP contribution < -0.4 is 10.6 Å². The summed E-state index contributed by atoms with van der Waals surface area (Å²) in [6, 6.07) is 19.1. The van der Waals surface area contributed by atoms with E-state index in [0.717, 1.165) is 11.1 Å². The molecule has 2 heterocycles.